The van der Waals surface area contributed by atoms with Gasteiger partial charge in [-0.15, -0.1) is 11.3 Å². The van der Waals surface area contributed by atoms with Crippen molar-refractivity contribution in [3.8, 4) is 11.3 Å². The van der Waals surface area contributed by atoms with Gasteiger partial charge in [-0.3, -0.25) is 4.79 Å². The van der Waals surface area contributed by atoms with E-state index in [4.69, 9.17) is 4.98 Å². The molecule has 23 heavy (non-hydrogen) atoms. The summed E-state index contributed by atoms with van der Waals surface area (Å²) < 4.78 is 0. The number of nitrogens with zero attached hydrogens (tertiary/aromatic N) is 1. The van der Waals surface area contributed by atoms with Crippen LogP contribution in [0.15, 0.2) is 24.3 Å². The van der Waals surface area contributed by atoms with Crippen molar-refractivity contribution in [1.82, 2.24) is 4.98 Å². The number of benzene rings is 1. The zero-order valence-electron chi connectivity index (χ0n) is 13.5. The summed E-state index contributed by atoms with van der Waals surface area (Å²) >= 11 is 1.64. The van der Waals surface area contributed by atoms with Crippen LogP contribution in [-0.2, 0) is 11.2 Å². The number of fused-ring (bicyclic) bond motifs is 3. The lowest BCUT2D eigenvalue weighted by Gasteiger charge is -2.34. The predicted molar refractivity (Wildman–Crippen MR) is 94.8 cm³/mol. The third-order valence-corrected chi connectivity index (χ3v) is 6.48. The first-order valence-electron chi connectivity index (χ1n) is 8.61. The maximum absolute atomic E-state index is 12.8. The molecule has 0 aliphatic heterocycles. The van der Waals surface area contributed by atoms with Crippen LogP contribution in [0.3, 0.4) is 0 Å². The van der Waals surface area contributed by atoms with Crippen molar-refractivity contribution in [1.29, 1.82) is 0 Å². The minimum Gasteiger partial charge on any atom is -0.301 e. The Morgan fingerprint density at radius 3 is 2.83 bits per heavy atom. The molecule has 0 bridgehead atoms. The second kappa shape index (κ2) is 5.75. The summed E-state index contributed by atoms with van der Waals surface area (Å²) in [6.45, 7) is 2.14. The second-order valence-electron chi connectivity index (χ2n) is 6.77. The van der Waals surface area contributed by atoms with E-state index in [1.807, 2.05) is 0 Å². The molecule has 1 aromatic heterocycles. The van der Waals surface area contributed by atoms with Crippen molar-refractivity contribution < 1.29 is 4.79 Å². The molecule has 1 amide bonds. The van der Waals surface area contributed by atoms with Crippen LogP contribution < -0.4 is 5.32 Å². The molecule has 0 saturated heterocycles. The second-order valence-corrected chi connectivity index (χ2v) is 7.86. The summed E-state index contributed by atoms with van der Waals surface area (Å²) in [5.74, 6) is 0.181. The highest BCUT2D eigenvalue weighted by atomic mass is 32.1. The van der Waals surface area contributed by atoms with Gasteiger partial charge in [-0.2, -0.15) is 0 Å². The van der Waals surface area contributed by atoms with Crippen LogP contribution in [0.25, 0.3) is 11.3 Å². The number of hydrogen-bond donors (Lipinski definition) is 1. The molecular formula is C19H22N2OS. The summed E-state index contributed by atoms with van der Waals surface area (Å²) in [5.41, 5.74) is 3.46. The molecule has 2 aromatic rings. The molecule has 2 aliphatic carbocycles. The Bertz CT molecular complexity index is 744. The first-order chi connectivity index (χ1) is 11.2. The number of nitrogens with one attached hydrogen (secondary N) is 1. The first kappa shape index (κ1) is 14.9. The fourth-order valence-electron chi connectivity index (χ4n) is 4.01. The molecule has 3 nitrogen and oxygen atoms in total. The monoisotopic (exact) mass is 326 g/mol. The normalized spacial score (nSPS) is 18.3. The topological polar surface area (TPSA) is 42.0 Å². The Balaban J connectivity index is 1.56. The molecule has 4 heteroatoms. The predicted octanol–water partition coefficient (Wildman–Crippen LogP) is 5.01. The van der Waals surface area contributed by atoms with E-state index in [0.717, 1.165) is 36.5 Å². The number of thiazole rings is 1. The van der Waals surface area contributed by atoms with Crippen molar-refractivity contribution in [3.63, 3.8) is 0 Å². The van der Waals surface area contributed by atoms with Gasteiger partial charge < -0.3 is 5.32 Å². The molecule has 2 aliphatic rings. The molecule has 0 spiro atoms. The third-order valence-electron chi connectivity index (χ3n) is 5.51. The van der Waals surface area contributed by atoms with E-state index in [0.29, 0.717) is 0 Å². The van der Waals surface area contributed by atoms with Crippen LogP contribution in [0.1, 0.15) is 55.9 Å². The number of amides is 1. The lowest BCUT2D eigenvalue weighted by molar-refractivity contribution is -0.127. The smallest absolute Gasteiger partial charge is 0.232 e. The summed E-state index contributed by atoms with van der Waals surface area (Å²) in [6.07, 6.45) is 7.50. The van der Waals surface area contributed by atoms with Gasteiger partial charge in [0, 0.05) is 22.3 Å². The van der Waals surface area contributed by atoms with E-state index in [1.165, 1.54) is 35.3 Å². The number of anilines is 1. The van der Waals surface area contributed by atoms with Crippen LogP contribution in [0.2, 0.25) is 0 Å². The summed E-state index contributed by atoms with van der Waals surface area (Å²) in [5, 5.41) is 3.90. The fraction of sp³-hybridized carbons (Fsp3) is 0.474. The van der Waals surface area contributed by atoms with Gasteiger partial charge >= 0.3 is 0 Å². The van der Waals surface area contributed by atoms with Gasteiger partial charge in [-0.1, -0.05) is 50.5 Å². The summed E-state index contributed by atoms with van der Waals surface area (Å²) in [6, 6.07) is 8.42. The summed E-state index contributed by atoms with van der Waals surface area (Å²) in [4.78, 5) is 18.8. The molecule has 1 fully saturated rings. The first-order valence-corrected chi connectivity index (χ1v) is 9.43. The molecule has 1 N–H and O–H groups in total. The molecule has 4 rings (SSSR count). The average molecular weight is 326 g/mol. The zero-order valence-corrected chi connectivity index (χ0v) is 14.3. The van der Waals surface area contributed by atoms with E-state index in [-0.39, 0.29) is 11.3 Å². The fourth-order valence-corrected chi connectivity index (χ4v) is 5.01. The molecule has 0 atom stereocenters. The average Bonchev–Trinajstić information content (AvgIpc) is 3.12. The van der Waals surface area contributed by atoms with E-state index in [2.05, 4.69) is 36.5 Å². The highest BCUT2D eigenvalue weighted by molar-refractivity contribution is 7.16. The van der Waals surface area contributed by atoms with Crippen LogP contribution in [-0.4, -0.2) is 10.9 Å². The minimum absolute atomic E-state index is 0.174. The molecular weight excluding hydrogens is 304 g/mol. The molecule has 0 unspecified atom stereocenters. The van der Waals surface area contributed by atoms with Gasteiger partial charge in [0.1, 0.15) is 0 Å². The van der Waals surface area contributed by atoms with Gasteiger partial charge in [0.05, 0.1) is 5.69 Å². The third kappa shape index (κ3) is 2.49. The Morgan fingerprint density at radius 2 is 2.04 bits per heavy atom. The maximum Gasteiger partial charge on any atom is 0.232 e. The van der Waals surface area contributed by atoms with Crippen molar-refractivity contribution >= 4 is 22.4 Å². The van der Waals surface area contributed by atoms with Crippen LogP contribution >= 0.6 is 11.3 Å². The van der Waals surface area contributed by atoms with Gasteiger partial charge in [-0.25, -0.2) is 4.98 Å². The largest absolute Gasteiger partial charge is 0.301 e. The van der Waals surface area contributed by atoms with Crippen LogP contribution in [0.4, 0.5) is 5.13 Å². The number of hydrogen-bond acceptors (Lipinski definition) is 3. The van der Waals surface area contributed by atoms with Crippen molar-refractivity contribution in [2.75, 3.05) is 5.32 Å². The molecule has 1 aromatic carbocycles. The number of carbonyl (C=O) groups excluding carboxylic acids is 1. The molecule has 120 valence electrons. The van der Waals surface area contributed by atoms with Gasteiger partial charge in [0.2, 0.25) is 5.91 Å². The Labute approximate surface area is 141 Å². The minimum atomic E-state index is -0.174. The van der Waals surface area contributed by atoms with Crippen molar-refractivity contribution in [2.24, 2.45) is 5.41 Å². The standard InChI is InChI=1S/C19H22N2OS/c1-2-19(10-6-3-7-11-19)17(22)21-18-20-16-14-9-5-4-8-13(14)12-15(16)23-18/h4-5,8-9H,2-3,6-7,10-12H2,1H3,(H,20,21,22). The van der Waals surface area contributed by atoms with E-state index < -0.39 is 0 Å². The Kier molecular flexibility index (Phi) is 3.72. The van der Waals surface area contributed by atoms with Crippen molar-refractivity contribution in [2.45, 2.75) is 51.9 Å². The number of carbonyl (C=O) groups is 1. The highest BCUT2D eigenvalue weighted by Crippen LogP contribution is 2.43. The molecule has 1 heterocycles. The van der Waals surface area contributed by atoms with Crippen LogP contribution in [0, 0.1) is 5.41 Å². The quantitative estimate of drug-likeness (QED) is 0.735. The van der Waals surface area contributed by atoms with Gasteiger partial charge in [0.25, 0.3) is 0 Å². The van der Waals surface area contributed by atoms with E-state index in [1.54, 1.807) is 11.3 Å². The number of rotatable bonds is 3. The van der Waals surface area contributed by atoms with Gasteiger partial charge in [-0.05, 0) is 24.8 Å². The van der Waals surface area contributed by atoms with Crippen LogP contribution in [0.5, 0.6) is 0 Å². The lowest BCUT2D eigenvalue weighted by Crippen LogP contribution is -2.37. The SMILES string of the molecule is CCC1(C(=O)Nc2nc3c(s2)Cc2ccccc2-3)CCCCC1. The maximum atomic E-state index is 12.8. The molecule has 1 saturated carbocycles. The zero-order chi connectivity index (χ0) is 15.9. The van der Waals surface area contributed by atoms with E-state index >= 15 is 0 Å². The van der Waals surface area contributed by atoms with Crippen molar-refractivity contribution in [3.05, 3.63) is 34.7 Å². The van der Waals surface area contributed by atoms with Gasteiger partial charge in [0.15, 0.2) is 5.13 Å². The highest BCUT2D eigenvalue weighted by Gasteiger charge is 2.38. The Hall–Kier alpha value is -1.68. The Morgan fingerprint density at radius 1 is 1.26 bits per heavy atom. The van der Waals surface area contributed by atoms with E-state index in [9.17, 15) is 4.79 Å². The number of aromatic nitrogens is 1. The molecule has 0 radical (unpaired) electrons. The lowest BCUT2D eigenvalue weighted by atomic mass is 9.71. The summed E-state index contributed by atoms with van der Waals surface area (Å²) in [7, 11) is 0.